The Morgan fingerprint density at radius 2 is 0.641 bits per heavy atom. The van der Waals surface area contributed by atoms with E-state index in [0.29, 0.717) is 17.2 Å². The number of para-hydroxylation sites is 3. The SMILES string of the molecule is Cc1cccc(C(C)(C)C)c1O.Cc1cccc(C(C)(C)C)c1O.Cc1cccc(C(C)(C)C)c1O.[Cl][Nb][Cl]. The zero-order valence-electron chi connectivity index (χ0n) is 25.7. The molecule has 0 aromatic heterocycles. The van der Waals surface area contributed by atoms with Crippen LogP contribution < -0.4 is 0 Å². The van der Waals surface area contributed by atoms with Crippen molar-refractivity contribution in [3.8, 4) is 17.2 Å². The molecule has 0 atom stereocenters. The second-order valence-corrected chi connectivity index (χ2v) is 16.1. The van der Waals surface area contributed by atoms with E-state index in [2.05, 4.69) is 62.3 Å². The van der Waals surface area contributed by atoms with E-state index in [9.17, 15) is 15.3 Å². The predicted molar refractivity (Wildman–Crippen MR) is 166 cm³/mol. The summed E-state index contributed by atoms with van der Waals surface area (Å²) in [5.74, 6) is 1.31. The summed E-state index contributed by atoms with van der Waals surface area (Å²) in [6, 6.07) is 17.6. The van der Waals surface area contributed by atoms with Crippen molar-refractivity contribution in [2.45, 2.75) is 99.3 Å². The van der Waals surface area contributed by atoms with E-state index in [4.69, 9.17) is 18.4 Å². The van der Waals surface area contributed by atoms with Crippen LogP contribution in [-0.2, 0) is 33.8 Å². The molecule has 0 aliphatic rings. The van der Waals surface area contributed by atoms with Gasteiger partial charge < -0.3 is 15.3 Å². The quantitative estimate of drug-likeness (QED) is 0.211. The van der Waals surface area contributed by atoms with Crippen LogP contribution in [0.25, 0.3) is 0 Å². The zero-order chi connectivity index (χ0) is 30.8. The van der Waals surface area contributed by atoms with Gasteiger partial charge in [-0.15, -0.1) is 0 Å². The van der Waals surface area contributed by atoms with Gasteiger partial charge in [-0.1, -0.05) is 117 Å². The standard InChI is InChI=1S/3C11H16O.2ClH.Nb/c3*1-8-6-5-7-9(10(8)12)11(2,3)4;;;/h3*5-7,12H,1-4H3;2*1H;/q;;;;;+2/p-2. The van der Waals surface area contributed by atoms with E-state index >= 15 is 0 Å². The third-order valence-electron chi connectivity index (χ3n) is 6.14. The van der Waals surface area contributed by atoms with Crippen molar-refractivity contribution in [3.05, 3.63) is 88.0 Å². The summed E-state index contributed by atoms with van der Waals surface area (Å²) in [7, 11) is 9.83. The van der Waals surface area contributed by atoms with E-state index in [-0.39, 0.29) is 16.2 Å². The molecule has 0 fully saturated rings. The van der Waals surface area contributed by atoms with Crippen LogP contribution in [0.4, 0.5) is 0 Å². The molecule has 0 aliphatic carbocycles. The van der Waals surface area contributed by atoms with Crippen LogP contribution in [0.5, 0.6) is 17.2 Å². The molecule has 0 amide bonds. The van der Waals surface area contributed by atoms with Crippen LogP contribution in [0.15, 0.2) is 54.6 Å². The van der Waals surface area contributed by atoms with Gasteiger partial charge in [0.05, 0.1) is 0 Å². The van der Waals surface area contributed by atoms with Gasteiger partial charge in [0.2, 0.25) is 0 Å². The zero-order valence-corrected chi connectivity index (χ0v) is 29.5. The van der Waals surface area contributed by atoms with E-state index in [1.165, 1.54) is 0 Å². The molecule has 0 saturated carbocycles. The fraction of sp³-hybridized carbons (Fsp3) is 0.455. The molecule has 6 heteroatoms. The summed E-state index contributed by atoms with van der Waals surface area (Å²) in [5, 5.41) is 29.2. The Hall–Kier alpha value is -1.62. The number of phenols is 3. The molecule has 0 spiro atoms. The number of phenolic OH excluding ortho intramolecular Hbond substituents is 3. The third-order valence-corrected chi connectivity index (χ3v) is 6.14. The predicted octanol–water partition coefficient (Wildman–Crippen LogP) is 10.4. The van der Waals surface area contributed by atoms with Crippen molar-refractivity contribution in [3.63, 3.8) is 0 Å². The summed E-state index contributed by atoms with van der Waals surface area (Å²) in [4.78, 5) is 0. The Morgan fingerprint density at radius 1 is 0.462 bits per heavy atom. The number of rotatable bonds is 0. The number of hydrogen-bond donors (Lipinski definition) is 3. The van der Waals surface area contributed by atoms with Crippen molar-refractivity contribution in [2.24, 2.45) is 0 Å². The first kappa shape index (κ1) is 37.4. The van der Waals surface area contributed by atoms with Crippen molar-refractivity contribution >= 4 is 18.4 Å². The number of benzene rings is 3. The molecule has 0 radical (unpaired) electrons. The Bertz CT molecular complexity index is 1020. The normalized spacial score (nSPS) is 11.1. The van der Waals surface area contributed by atoms with Crippen LogP contribution >= 0.6 is 18.4 Å². The Labute approximate surface area is 254 Å². The molecule has 0 unspecified atom stereocenters. The third kappa shape index (κ3) is 12.6. The van der Waals surface area contributed by atoms with Gasteiger partial charge in [-0.2, -0.15) is 0 Å². The molecule has 217 valence electrons. The van der Waals surface area contributed by atoms with Crippen molar-refractivity contribution in [2.75, 3.05) is 0 Å². The molecule has 39 heavy (non-hydrogen) atoms. The molecule has 0 heterocycles. The number of halogens is 2. The Kier molecular flexibility index (Phi) is 15.3. The molecule has 3 aromatic carbocycles. The fourth-order valence-electron chi connectivity index (χ4n) is 3.79. The molecule has 3 N–H and O–H groups in total. The van der Waals surface area contributed by atoms with E-state index < -0.39 is 17.6 Å². The first-order valence-corrected chi connectivity index (χ1v) is 18.7. The van der Waals surface area contributed by atoms with Crippen LogP contribution in [0, 0.1) is 20.8 Å². The number of aryl methyl sites for hydroxylation is 3. The van der Waals surface area contributed by atoms with Gasteiger partial charge in [0.25, 0.3) is 0 Å². The average molecular weight is 657 g/mol. The second kappa shape index (κ2) is 16.0. The molecular formula is C33H48Cl2NbO3. The topological polar surface area (TPSA) is 60.7 Å². The van der Waals surface area contributed by atoms with Gasteiger partial charge in [-0.25, -0.2) is 0 Å². The summed E-state index contributed by atoms with van der Waals surface area (Å²) in [6.07, 6.45) is 0. The Balaban J connectivity index is 0.000000528. The fourth-order valence-corrected chi connectivity index (χ4v) is 3.79. The summed E-state index contributed by atoms with van der Waals surface area (Å²) in [5.41, 5.74) is 5.96. The van der Waals surface area contributed by atoms with E-state index in [0.717, 1.165) is 33.4 Å². The number of hydrogen-bond acceptors (Lipinski definition) is 3. The average Bonchev–Trinajstić information content (AvgIpc) is 2.78. The summed E-state index contributed by atoms with van der Waals surface area (Å²) in [6.45, 7) is 24.7. The summed E-state index contributed by atoms with van der Waals surface area (Å²) < 4.78 is 0. The first-order chi connectivity index (χ1) is 17.7. The molecule has 3 nitrogen and oxygen atoms in total. The molecule has 0 saturated heterocycles. The second-order valence-electron chi connectivity index (χ2n) is 12.7. The van der Waals surface area contributed by atoms with Crippen LogP contribution in [-0.4, -0.2) is 15.3 Å². The maximum atomic E-state index is 9.73. The monoisotopic (exact) mass is 655 g/mol. The number of aromatic hydroxyl groups is 3. The molecular weight excluding hydrogens is 608 g/mol. The van der Waals surface area contributed by atoms with Gasteiger partial charge >= 0.3 is 36.0 Å². The van der Waals surface area contributed by atoms with Gasteiger partial charge in [0.1, 0.15) is 17.2 Å². The van der Waals surface area contributed by atoms with Gasteiger partial charge in [0, 0.05) is 0 Å². The molecule has 3 rings (SSSR count). The van der Waals surface area contributed by atoms with Crippen LogP contribution in [0.3, 0.4) is 0 Å². The first-order valence-electron chi connectivity index (χ1n) is 13.0. The van der Waals surface area contributed by atoms with Crippen molar-refractivity contribution in [1.29, 1.82) is 0 Å². The van der Waals surface area contributed by atoms with Crippen LogP contribution in [0.1, 0.15) is 95.7 Å². The minimum absolute atomic E-state index is 0.0239. The molecule has 0 bridgehead atoms. The van der Waals surface area contributed by atoms with E-state index in [1.807, 2.05) is 75.4 Å². The van der Waals surface area contributed by atoms with Crippen molar-refractivity contribution in [1.82, 2.24) is 0 Å². The molecule has 0 aliphatic heterocycles. The summed E-state index contributed by atoms with van der Waals surface area (Å²) >= 11 is -0.706. The van der Waals surface area contributed by atoms with Gasteiger partial charge in [-0.05, 0) is 70.4 Å². The molecule has 3 aromatic rings. The van der Waals surface area contributed by atoms with Gasteiger partial charge in [-0.3, -0.25) is 0 Å². The maximum absolute atomic E-state index is 9.73. The van der Waals surface area contributed by atoms with Crippen molar-refractivity contribution < 1.29 is 32.9 Å². The van der Waals surface area contributed by atoms with Gasteiger partial charge in [0.15, 0.2) is 0 Å². The minimum atomic E-state index is -0.706. The Morgan fingerprint density at radius 3 is 0.769 bits per heavy atom. The van der Waals surface area contributed by atoms with Crippen LogP contribution in [0.2, 0.25) is 0 Å². The van der Waals surface area contributed by atoms with E-state index in [1.54, 1.807) is 0 Å².